The Balaban J connectivity index is 1.48. The minimum absolute atomic E-state index is 0.0652. The standard InChI is InChI=1S/C26H34Cl2N8O3S/c1-6-39-25(38)23-21(17-11-31-18(12-30-17)29-8-10-35(4)5)34-26(40-23)36-9-7-16(14(2)13-36)33-24(37)22-20(28)19(27)15(3)32-22/h11-12,14,16,32H,6-10,13H2,1-5H3,(H,29,31)(H,33,37)/t14-,16+/m0/s1. The molecule has 1 fully saturated rings. The Labute approximate surface area is 247 Å². The van der Waals surface area contributed by atoms with Gasteiger partial charge in [0.1, 0.15) is 27.8 Å². The highest BCUT2D eigenvalue weighted by Crippen LogP contribution is 2.35. The first kappa shape index (κ1) is 30.0. The van der Waals surface area contributed by atoms with Crippen LogP contribution in [0.1, 0.15) is 46.1 Å². The summed E-state index contributed by atoms with van der Waals surface area (Å²) in [4.78, 5) is 47.0. The van der Waals surface area contributed by atoms with Crippen LogP contribution >= 0.6 is 34.5 Å². The highest BCUT2D eigenvalue weighted by atomic mass is 35.5. The molecule has 4 rings (SSSR count). The molecule has 1 aliphatic rings. The largest absolute Gasteiger partial charge is 0.462 e. The lowest BCUT2D eigenvalue weighted by Gasteiger charge is -2.37. The number of aromatic amines is 1. The van der Waals surface area contributed by atoms with E-state index in [-0.39, 0.29) is 35.2 Å². The third kappa shape index (κ3) is 6.85. The summed E-state index contributed by atoms with van der Waals surface area (Å²) in [5.74, 6) is 0.0244. The van der Waals surface area contributed by atoms with Gasteiger partial charge in [0.15, 0.2) is 5.13 Å². The van der Waals surface area contributed by atoms with E-state index >= 15 is 0 Å². The molecule has 11 nitrogen and oxygen atoms in total. The van der Waals surface area contributed by atoms with Gasteiger partial charge in [-0.3, -0.25) is 4.79 Å². The summed E-state index contributed by atoms with van der Waals surface area (Å²) in [6.07, 6.45) is 3.94. The summed E-state index contributed by atoms with van der Waals surface area (Å²) < 4.78 is 5.31. The Kier molecular flexibility index (Phi) is 9.88. The number of piperidine rings is 1. The zero-order valence-corrected chi connectivity index (χ0v) is 25.5. The van der Waals surface area contributed by atoms with E-state index in [2.05, 4.69) is 42.3 Å². The fourth-order valence-corrected chi connectivity index (χ4v) is 5.82. The number of aryl methyl sites for hydroxylation is 1. The third-order valence-corrected chi connectivity index (χ3v) is 8.65. The van der Waals surface area contributed by atoms with Gasteiger partial charge in [0.2, 0.25) is 0 Å². The van der Waals surface area contributed by atoms with Gasteiger partial charge < -0.3 is 30.2 Å². The number of nitrogens with zero attached hydrogens (tertiary/aromatic N) is 5. The Morgan fingerprint density at radius 2 is 2.02 bits per heavy atom. The lowest BCUT2D eigenvalue weighted by Crippen LogP contribution is -2.50. The van der Waals surface area contributed by atoms with E-state index in [9.17, 15) is 9.59 Å². The number of anilines is 2. The second-order valence-electron chi connectivity index (χ2n) is 9.96. The number of rotatable bonds is 10. The summed E-state index contributed by atoms with van der Waals surface area (Å²) >= 11 is 13.6. The van der Waals surface area contributed by atoms with Crippen LogP contribution in [0, 0.1) is 12.8 Å². The molecule has 0 aromatic carbocycles. The first-order chi connectivity index (χ1) is 19.1. The topological polar surface area (TPSA) is 128 Å². The molecule has 3 N–H and O–H groups in total. The summed E-state index contributed by atoms with van der Waals surface area (Å²) in [5, 5.41) is 7.59. The number of H-pyrrole nitrogens is 1. The second kappa shape index (κ2) is 13.2. The molecular weight excluding hydrogens is 575 g/mol. The highest BCUT2D eigenvalue weighted by molar-refractivity contribution is 7.17. The lowest BCUT2D eigenvalue weighted by atomic mass is 9.94. The van der Waals surface area contributed by atoms with Crippen LogP contribution in [0.4, 0.5) is 10.9 Å². The van der Waals surface area contributed by atoms with Gasteiger partial charge in [-0.25, -0.2) is 19.7 Å². The maximum absolute atomic E-state index is 12.9. The molecule has 0 unspecified atom stereocenters. The van der Waals surface area contributed by atoms with Gasteiger partial charge in [-0.1, -0.05) is 41.5 Å². The highest BCUT2D eigenvalue weighted by Gasteiger charge is 2.32. The van der Waals surface area contributed by atoms with Gasteiger partial charge in [0, 0.05) is 37.9 Å². The van der Waals surface area contributed by atoms with Gasteiger partial charge >= 0.3 is 5.97 Å². The van der Waals surface area contributed by atoms with Crippen molar-refractivity contribution in [2.24, 2.45) is 5.92 Å². The van der Waals surface area contributed by atoms with Gasteiger partial charge in [0.05, 0.1) is 29.0 Å². The van der Waals surface area contributed by atoms with Crippen molar-refractivity contribution in [1.82, 2.24) is 30.2 Å². The summed E-state index contributed by atoms with van der Waals surface area (Å²) in [5.41, 5.74) is 1.86. The number of likely N-dealkylation sites (N-methyl/N-ethyl adjacent to an activating group) is 1. The number of esters is 1. The molecule has 40 heavy (non-hydrogen) atoms. The monoisotopic (exact) mass is 608 g/mol. The van der Waals surface area contributed by atoms with Crippen molar-refractivity contribution in [2.75, 3.05) is 57.1 Å². The average molecular weight is 610 g/mol. The van der Waals surface area contributed by atoms with Crippen LogP contribution in [-0.2, 0) is 4.74 Å². The quantitative estimate of drug-likeness (QED) is 0.288. The van der Waals surface area contributed by atoms with E-state index in [4.69, 9.17) is 32.9 Å². The minimum Gasteiger partial charge on any atom is -0.462 e. The van der Waals surface area contributed by atoms with E-state index < -0.39 is 5.97 Å². The Hall–Kier alpha value is -2.93. The predicted octanol–water partition coefficient (Wildman–Crippen LogP) is 4.34. The van der Waals surface area contributed by atoms with Crippen molar-refractivity contribution in [1.29, 1.82) is 0 Å². The third-order valence-electron chi connectivity index (χ3n) is 6.61. The molecule has 14 heteroatoms. The van der Waals surface area contributed by atoms with Crippen LogP contribution < -0.4 is 15.5 Å². The molecular formula is C26H34Cl2N8O3S. The van der Waals surface area contributed by atoms with E-state index in [1.807, 2.05) is 14.1 Å². The van der Waals surface area contributed by atoms with Crippen LogP contribution in [0.25, 0.3) is 11.4 Å². The average Bonchev–Trinajstić information content (AvgIpc) is 3.48. The molecule has 216 valence electrons. The minimum atomic E-state index is -0.441. The molecule has 3 aromatic rings. The molecule has 1 aliphatic heterocycles. The number of carbonyl (C=O) groups is 2. The number of amides is 1. The first-order valence-corrected chi connectivity index (χ1v) is 14.6. The van der Waals surface area contributed by atoms with E-state index in [0.29, 0.717) is 57.4 Å². The number of thiazole rings is 1. The molecule has 2 atom stereocenters. The van der Waals surface area contributed by atoms with Crippen molar-refractivity contribution >= 4 is 57.4 Å². The van der Waals surface area contributed by atoms with Crippen molar-refractivity contribution in [3.05, 3.63) is 38.7 Å². The van der Waals surface area contributed by atoms with Crippen LogP contribution in [0.2, 0.25) is 10.0 Å². The number of hydrogen-bond acceptors (Lipinski definition) is 10. The van der Waals surface area contributed by atoms with Crippen LogP contribution in [0.15, 0.2) is 12.4 Å². The van der Waals surface area contributed by atoms with Gasteiger partial charge in [0.25, 0.3) is 5.91 Å². The molecule has 0 saturated carbocycles. The van der Waals surface area contributed by atoms with Gasteiger partial charge in [-0.2, -0.15) is 0 Å². The molecule has 1 saturated heterocycles. The zero-order chi connectivity index (χ0) is 29.0. The summed E-state index contributed by atoms with van der Waals surface area (Å²) in [6, 6.07) is -0.0652. The number of aromatic nitrogens is 4. The number of nitrogens with one attached hydrogen (secondary N) is 3. The molecule has 0 bridgehead atoms. The van der Waals surface area contributed by atoms with E-state index in [1.165, 1.54) is 11.3 Å². The van der Waals surface area contributed by atoms with E-state index in [0.717, 1.165) is 13.1 Å². The smallest absolute Gasteiger partial charge is 0.350 e. The SMILES string of the molecule is CCOC(=O)c1sc(N2CC[C@@H](NC(=O)c3[nH]c(C)c(Cl)c3Cl)[C@@H](C)C2)nc1-c1cnc(NCCN(C)C)cn1. The van der Waals surface area contributed by atoms with Crippen LogP contribution in [-0.4, -0.2) is 89.6 Å². The normalized spacial score (nSPS) is 17.2. The second-order valence-corrected chi connectivity index (χ2v) is 11.7. The predicted molar refractivity (Wildman–Crippen MR) is 159 cm³/mol. The number of halogens is 2. The number of ether oxygens (including phenoxy) is 1. The van der Waals surface area contributed by atoms with Crippen LogP contribution in [0.5, 0.6) is 0 Å². The number of hydrogen-bond donors (Lipinski definition) is 3. The van der Waals surface area contributed by atoms with E-state index in [1.54, 1.807) is 26.2 Å². The maximum atomic E-state index is 12.9. The molecule has 0 aliphatic carbocycles. The molecule has 3 aromatic heterocycles. The fraction of sp³-hybridized carbons (Fsp3) is 0.500. The Morgan fingerprint density at radius 1 is 1.25 bits per heavy atom. The Bertz CT molecular complexity index is 1340. The van der Waals surface area contributed by atoms with Crippen molar-refractivity contribution in [3.8, 4) is 11.4 Å². The zero-order valence-electron chi connectivity index (χ0n) is 23.2. The molecule has 1 amide bonds. The van der Waals surface area contributed by atoms with Crippen molar-refractivity contribution in [3.63, 3.8) is 0 Å². The summed E-state index contributed by atoms with van der Waals surface area (Å²) in [6.45, 7) is 8.73. The van der Waals surface area contributed by atoms with Crippen LogP contribution in [0.3, 0.4) is 0 Å². The first-order valence-electron chi connectivity index (χ1n) is 13.1. The van der Waals surface area contributed by atoms with Crippen molar-refractivity contribution < 1.29 is 14.3 Å². The lowest BCUT2D eigenvalue weighted by molar-refractivity contribution is 0.0532. The van der Waals surface area contributed by atoms with Gasteiger partial charge in [-0.15, -0.1) is 0 Å². The maximum Gasteiger partial charge on any atom is 0.350 e. The molecule has 0 spiro atoms. The summed E-state index contributed by atoms with van der Waals surface area (Å²) in [7, 11) is 4.01. The molecule has 0 radical (unpaired) electrons. The Morgan fingerprint density at radius 3 is 2.62 bits per heavy atom. The number of carbonyl (C=O) groups excluding carboxylic acids is 2. The van der Waals surface area contributed by atoms with Gasteiger partial charge in [-0.05, 0) is 40.3 Å². The van der Waals surface area contributed by atoms with Crippen molar-refractivity contribution in [2.45, 2.75) is 33.2 Å². The fourth-order valence-electron chi connectivity index (χ4n) is 4.40. The molecule has 4 heterocycles.